The highest BCUT2D eigenvalue weighted by molar-refractivity contribution is 6.03. The molecule has 7 nitrogen and oxygen atoms in total. The molecular weight excluding hydrogens is 366 g/mol. The molecule has 1 heterocycles. The average Bonchev–Trinajstić information content (AvgIpc) is 2.68. The first-order chi connectivity index (χ1) is 13.9. The Kier molecular flexibility index (Phi) is 6.19. The zero-order valence-corrected chi connectivity index (χ0v) is 16.6. The molecule has 3 rings (SSSR count). The minimum absolute atomic E-state index is 0.142. The molecule has 2 aromatic carbocycles. The van der Waals surface area contributed by atoms with Crippen molar-refractivity contribution >= 4 is 34.7 Å². The smallest absolute Gasteiger partial charge is 0.275 e. The van der Waals surface area contributed by atoms with Gasteiger partial charge in [0.1, 0.15) is 11.5 Å². The van der Waals surface area contributed by atoms with Crippen LogP contribution in [0.3, 0.4) is 0 Å². The number of hydrogen-bond acceptors (Lipinski definition) is 5. The molecule has 0 radical (unpaired) electrons. The van der Waals surface area contributed by atoms with Gasteiger partial charge in [-0.15, -0.1) is 0 Å². The number of nitrogens with zero attached hydrogens (tertiary/aromatic N) is 2. The number of hydrogen-bond donors (Lipinski definition) is 3. The number of benzene rings is 2. The van der Waals surface area contributed by atoms with Crippen molar-refractivity contribution in [3.8, 4) is 0 Å². The minimum Gasteiger partial charge on any atom is -0.339 e. The van der Waals surface area contributed by atoms with Gasteiger partial charge < -0.3 is 16.0 Å². The van der Waals surface area contributed by atoms with E-state index in [9.17, 15) is 9.59 Å². The van der Waals surface area contributed by atoms with Crippen molar-refractivity contribution < 1.29 is 9.59 Å². The molecule has 0 aliphatic carbocycles. The summed E-state index contributed by atoms with van der Waals surface area (Å²) in [4.78, 5) is 32.2. The molecule has 3 aromatic rings. The van der Waals surface area contributed by atoms with E-state index >= 15 is 0 Å². The lowest BCUT2D eigenvalue weighted by atomic mass is 10.0. The third-order valence-corrected chi connectivity index (χ3v) is 4.17. The fourth-order valence-electron chi connectivity index (χ4n) is 2.84. The molecule has 0 aliphatic rings. The normalized spacial score (nSPS) is 10.5. The molecule has 0 atom stereocenters. The van der Waals surface area contributed by atoms with Gasteiger partial charge in [-0.2, -0.15) is 0 Å². The van der Waals surface area contributed by atoms with Gasteiger partial charge in [0.05, 0.1) is 12.4 Å². The van der Waals surface area contributed by atoms with Crippen molar-refractivity contribution in [3.05, 3.63) is 72.2 Å². The molecule has 0 unspecified atom stereocenters. The fourth-order valence-corrected chi connectivity index (χ4v) is 2.84. The first kappa shape index (κ1) is 20.0. The van der Waals surface area contributed by atoms with Gasteiger partial charge in [0, 0.05) is 24.0 Å². The number of para-hydroxylation sites is 1. The summed E-state index contributed by atoms with van der Waals surface area (Å²) in [6.45, 7) is 5.60. The molecule has 0 fully saturated rings. The van der Waals surface area contributed by atoms with Crippen LogP contribution in [0.2, 0.25) is 0 Å². The number of amides is 2. The molecule has 0 saturated carbocycles. The predicted molar refractivity (Wildman–Crippen MR) is 115 cm³/mol. The molecule has 3 N–H and O–H groups in total. The zero-order chi connectivity index (χ0) is 20.8. The molecular formula is C22H23N5O2. The van der Waals surface area contributed by atoms with Gasteiger partial charge in [-0.1, -0.05) is 38.1 Å². The first-order valence-electron chi connectivity index (χ1n) is 9.29. The van der Waals surface area contributed by atoms with Crippen molar-refractivity contribution in [3.63, 3.8) is 0 Å². The van der Waals surface area contributed by atoms with Crippen LogP contribution in [-0.4, -0.2) is 21.8 Å². The third-order valence-electron chi connectivity index (χ3n) is 4.17. The van der Waals surface area contributed by atoms with E-state index in [1.165, 1.54) is 19.3 Å². The number of carbonyl (C=O) groups is 2. The minimum atomic E-state index is -0.315. The summed E-state index contributed by atoms with van der Waals surface area (Å²) in [7, 11) is 0. The Balaban J connectivity index is 1.69. The van der Waals surface area contributed by atoms with E-state index in [2.05, 4.69) is 39.8 Å². The van der Waals surface area contributed by atoms with E-state index in [0.29, 0.717) is 11.5 Å². The summed E-state index contributed by atoms with van der Waals surface area (Å²) in [6, 6.07) is 14.9. The Labute approximate surface area is 169 Å². The molecule has 0 aliphatic heterocycles. The zero-order valence-electron chi connectivity index (χ0n) is 16.6. The SMILES string of the molecule is CC(=O)Nc1cccc(Nc2cnc(C(=O)Nc3ccccc3C(C)C)cn2)c1. The van der Waals surface area contributed by atoms with Gasteiger partial charge in [0.15, 0.2) is 0 Å². The van der Waals surface area contributed by atoms with Crippen LogP contribution >= 0.6 is 0 Å². The Bertz CT molecular complexity index is 1020. The van der Waals surface area contributed by atoms with Gasteiger partial charge in [0.2, 0.25) is 5.91 Å². The second-order valence-electron chi connectivity index (χ2n) is 6.87. The molecule has 0 bridgehead atoms. The molecule has 2 amide bonds. The molecule has 0 saturated heterocycles. The van der Waals surface area contributed by atoms with E-state index in [1.807, 2.05) is 36.4 Å². The van der Waals surface area contributed by atoms with Crippen LogP contribution in [0.5, 0.6) is 0 Å². The van der Waals surface area contributed by atoms with Crippen molar-refractivity contribution in [2.24, 2.45) is 0 Å². The third kappa shape index (κ3) is 5.38. The van der Waals surface area contributed by atoms with Crippen LogP contribution in [0, 0.1) is 0 Å². The van der Waals surface area contributed by atoms with Gasteiger partial charge >= 0.3 is 0 Å². The standard InChI is InChI=1S/C22H23N5O2/c1-14(2)18-9-4-5-10-19(18)27-22(29)20-12-24-21(13-23-20)26-17-8-6-7-16(11-17)25-15(3)28/h4-14H,1-3H3,(H,24,26)(H,25,28)(H,27,29). The van der Waals surface area contributed by atoms with E-state index in [0.717, 1.165) is 16.9 Å². The number of nitrogens with one attached hydrogen (secondary N) is 3. The molecule has 0 spiro atoms. The number of aromatic nitrogens is 2. The van der Waals surface area contributed by atoms with Crippen molar-refractivity contribution in [2.75, 3.05) is 16.0 Å². The summed E-state index contributed by atoms with van der Waals surface area (Å²) in [5, 5.41) is 8.72. The molecule has 148 valence electrons. The quantitative estimate of drug-likeness (QED) is 0.575. The van der Waals surface area contributed by atoms with Crippen LogP contribution in [0.25, 0.3) is 0 Å². The molecule has 29 heavy (non-hydrogen) atoms. The van der Waals surface area contributed by atoms with Crippen molar-refractivity contribution in [2.45, 2.75) is 26.7 Å². The van der Waals surface area contributed by atoms with E-state index < -0.39 is 0 Å². The van der Waals surface area contributed by atoms with Gasteiger partial charge in [-0.3, -0.25) is 9.59 Å². The summed E-state index contributed by atoms with van der Waals surface area (Å²) < 4.78 is 0. The van der Waals surface area contributed by atoms with Gasteiger partial charge in [-0.25, -0.2) is 9.97 Å². The predicted octanol–water partition coefficient (Wildman–Crippen LogP) is 4.55. The Morgan fingerprint density at radius 1 is 0.897 bits per heavy atom. The second kappa shape index (κ2) is 8.97. The molecule has 7 heteroatoms. The van der Waals surface area contributed by atoms with Gasteiger partial charge in [0.25, 0.3) is 5.91 Å². The lowest BCUT2D eigenvalue weighted by molar-refractivity contribution is -0.114. The summed E-state index contributed by atoms with van der Waals surface area (Å²) in [5.74, 6) is 0.322. The maximum Gasteiger partial charge on any atom is 0.275 e. The average molecular weight is 389 g/mol. The fraction of sp³-hybridized carbons (Fsp3) is 0.182. The van der Waals surface area contributed by atoms with E-state index in [4.69, 9.17) is 0 Å². The Morgan fingerprint density at radius 3 is 2.34 bits per heavy atom. The van der Waals surface area contributed by atoms with Crippen LogP contribution in [0.1, 0.15) is 42.7 Å². The lowest BCUT2D eigenvalue weighted by Crippen LogP contribution is -2.15. The second-order valence-corrected chi connectivity index (χ2v) is 6.87. The maximum absolute atomic E-state index is 12.5. The van der Waals surface area contributed by atoms with E-state index in [1.54, 1.807) is 12.1 Å². The highest BCUT2D eigenvalue weighted by Gasteiger charge is 2.12. The molecule has 1 aromatic heterocycles. The largest absolute Gasteiger partial charge is 0.339 e. The highest BCUT2D eigenvalue weighted by Crippen LogP contribution is 2.24. The van der Waals surface area contributed by atoms with Crippen LogP contribution in [0.15, 0.2) is 60.9 Å². The maximum atomic E-state index is 12.5. The first-order valence-corrected chi connectivity index (χ1v) is 9.29. The van der Waals surface area contributed by atoms with Crippen LogP contribution in [-0.2, 0) is 4.79 Å². The lowest BCUT2D eigenvalue weighted by Gasteiger charge is -2.13. The monoisotopic (exact) mass is 389 g/mol. The van der Waals surface area contributed by atoms with Crippen molar-refractivity contribution in [1.82, 2.24) is 9.97 Å². The highest BCUT2D eigenvalue weighted by atomic mass is 16.2. The van der Waals surface area contributed by atoms with Crippen molar-refractivity contribution in [1.29, 1.82) is 0 Å². The summed E-state index contributed by atoms with van der Waals surface area (Å²) in [6.07, 6.45) is 2.92. The Morgan fingerprint density at radius 2 is 1.66 bits per heavy atom. The van der Waals surface area contributed by atoms with Gasteiger partial charge in [-0.05, 0) is 35.7 Å². The van der Waals surface area contributed by atoms with E-state index in [-0.39, 0.29) is 23.4 Å². The number of rotatable bonds is 6. The summed E-state index contributed by atoms with van der Waals surface area (Å²) >= 11 is 0. The van der Waals surface area contributed by atoms with Crippen LogP contribution < -0.4 is 16.0 Å². The number of carbonyl (C=O) groups excluding carboxylic acids is 2. The van der Waals surface area contributed by atoms with Crippen LogP contribution in [0.4, 0.5) is 22.9 Å². The Hall–Kier alpha value is -3.74. The summed E-state index contributed by atoms with van der Waals surface area (Å²) in [5.41, 5.74) is 3.47. The topological polar surface area (TPSA) is 96.0 Å². The number of anilines is 4.